The van der Waals surface area contributed by atoms with Gasteiger partial charge in [-0.1, -0.05) is 23.8 Å². The molecule has 2 aromatic rings. The largest absolute Gasteiger partial charge is 0.449 e. The minimum absolute atomic E-state index is 0.0418. The second kappa shape index (κ2) is 6.34. The highest BCUT2D eigenvalue weighted by molar-refractivity contribution is 7.85. The van der Waals surface area contributed by atoms with E-state index in [1.165, 1.54) is 6.07 Å². The number of nitrogens with one attached hydrogen (secondary N) is 1. The third-order valence-electron chi connectivity index (χ3n) is 2.87. The normalized spacial score (nSPS) is 11.2. The van der Waals surface area contributed by atoms with Gasteiger partial charge < -0.3 is 15.9 Å². The summed E-state index contributed by atoms with van der Waals surface area (Å²) in [6.45, 7) is 1.89. The van der Waals surface area contributed by atoms with E-state index in [2.05, 4.69) is 4.28 Å². The number of guanidine groups is 1. The Kier molecular flexibility index (Phi) is 4.62. The Bertz CT molecular complexity index is 904. The number of hydroxylamine groups is 2. The van der Waals surface area contributed by atoms with Gasteiger partial charge in [0.15, 0.2) is 0 Å². The first-order valence-corrected chi connectivity index (χ1v) is 8.44. The van der Waals surface area contributed by atoms with Crippen molar-refractivity contribution in [2.75, 3.05) is 12.0 Å². The summed E-state index contributed by atoms with van der Waals surface area (Å²) in [5.41, 5.74) is 12.6. The van der Waals surface area contributed by atoms with Gasteiger partial charge in [0.25, 0.3) is 10.1 Å². The smallest absolute Gasteiger partial charge is 0.323 e. The van der Waals surface area contributed by atoms with Crippen LogP contribution in [0.1, 0.15) is 16.1 Å². The summed E-state index contributed by atoms with van der Waals surface area (Å²) >= 11 is 0. The number of benzene rings is 1. The van der Waals surface area contributed by atoms with E-state index < -0.39 is 22.0 Å². The number of hydrogen-bond acceptors (Lipinski definition) is 7. The molecular formula is C14H16N4O5S. The molecule has 0 fully saturated rings. The molecule has 5 N–H and O–H groups in total. The van der Waals surface area contributed by atoms with Crippen molar-refractivity contribution in [2.45, 2.75) is 6.92 Å². The molecule has 1 amide bonds. The van der Waals surface area contributed by atoms with Crippen molar-refractivity contribution in [3.05, 3.63) is 41.7 Å². The van der Waals surface area contributed by atoms with Crippen LogP contribution in [0.3, 0.4) is 0 Å². The molecular weight excluding hydrogens is 336 g/mol. The minimum atomic E-state index is -4.08. The Labute approximate surface area is 138 Å². The number of nitrogens with zero attached hydrogens (tertiary/aromatic N) is 1. The van der Waals surface area contributed by atoms with Crippen molar-refractivity contribution in [3.8, 4) is 11.3 Å². The zero-order chi connectivity index (χ0) is 18.1. The molecule has 128 valence electrons. The van der Waals surface area contributed by atoms with E-state index in [1.807, 2.05) is 19.1 Å². The molecule has 0 spiro atoms. The molecule has 2 rings (SSSR count). The van der Waals surface area contributed by atoms with Crippen LogP contribution in [0.15, 0.2) is 34.7 Å². The Balaban J connectivity index is 2.41. The van der Waals surface area contributed by atoms with Gasteiger partial charge in [-0.3, -0.25) is 10.2 Å². The molecule has 1 heterocycles. The van der Waals surface area contributed by atoms with Gasteiger partial charge in [-0.2, -0.15) is 8.42 Å². The van der Waals surface area contributed by atoms with Crippen molar-refractivity contribution < 1.29 is 21.9 Å². The van der Waals surface area contributed by atoms with E-state index >= 15 is 0 Å². The van der Waals surface area contributed by atoms with E-state index in [1.54, 1.807) is 12.1 Å². The first-order valence-electron chi connectivity index (χ1n) is 6.63. The Morgan fingerprint density at radius 3 is 2.54 bits per heavy atom. The zero-order valence-corrected chi connectivity index (χ0v) is 13.8. The number of nitrogens with two attached hydrogens (primary N) is 2. The summed E-state index contributed by atoms with van der Waals surface area (Å²) in [5.74, 6) is -2.12. The molecule has 0 saturated heterocycles. The lowest BCUT2D eigenvalue weighted by Gasteiger charge is -2.16. The summed E-state index contributed by atoms with van der Waals surface area (Å²) in [7, 11) is -4.08. The van der Waals surface area contributed by atoms with Crippen LogP contribution in [0.4, 0.5) is 5.69 Å². The number of carbonyl (C=O) groups excluding carboxylic acids is 1. The van der Waals surface area contributed by atoms with Crippen molar-refractivity contribution in [1.29, 1.82) is 5.41 Å². The van der Waals surface area contributed by atoms with Crippen LogP contribution >= 0.6 is 0 Å². The van der Waals surface area contributed by atoms with Crippen molar-refractivity contribution in [3.63, 3.8) is 0 Å². The summed E-state index contributed by atoms with van der Waals surface area (Å²) in [6, 6.07) is 8.69. The number of amides is 1. The fraction of sp³-hybridized carbons (Fsp3) is 0.143. The van der Waals surface area contributed by atoms with Crippen molar-refractivity contribution in [2.24, 2.45) is 5.73 Å². The number of carbonyl (C=O) groups is 1. The average molecular weight is 352 g/mol. The van der Waals surface area contributed by atoms with Crippen LogP contribution in [0.5, 0.6) is 0 Å². The van der Waals surface area contributed by atoms with Gasteiger partial charge in [-0.05, 0) is 13.0 Å². The monoisotopic (exact) mass is 352 g/mol. The van der Waals surface area contributed by atoms with Crippen LogP contribution in [-0.4, -0.2) is 31.6 Å². The standard InChI is InChI=1S/C14H16N4O5S/c1-8-4-3-5-9(6-8)11-7-10(15)12(22-11)13(19)18(14(16)17)23-24(2,20)21/h3-7H,15H2,1-2H3,(H3,16,17). The minimum Gasteiger partial charge on any atom is -0.449 e. The molecule has 10 heteroatoms. The fourth-order valence-electron chi connectivity index (χ4n) is 1.92. The van der Waals surface area contributed by atoms with E-state index in [0.29, 0.717) is 17.6 Å². The maximum atomic E-state index is 12.3. The fourth-order valence-corrected chi connectivity index (χ4v) is 2.34. The van der Waals surface area contributed by atoms with Crippen LogP contribution in [-0.2, 0) is 14.4 Å². The van der Waals surface area contributed by atoms with Crippen LogP contribution < -0.4 is 11.5 Å². The SMILES string of the molecule is Cc1cccc(-c2cc(N)c(C(=O)N(OS(C)(=O)=O)C(=N)N)o2)c1. The van der Waals surface area contributed by atoms with E-state index in [4.69, 9.17) is 21.3 Å². The lowest BCUT2D eigenvalue weighted by Crippen LogP contribution is -2.42. The number of aryl methyl sites for hydroxylation is 1. The van der Waals surface area contributed by atoms with Gasteiger partial charge in [-0.25, -0.2) is 0 Å². The molecule has 1 aromatic heterocycles. The second-order valence-corrected chi connectivity index (χ2v) is 6.59. The lowest BCUT2D eigenvalue weighted by molar-refractivity contribution is 0.0175. The Morgan fingerprint density at radius 1 is 1.33 bits per heavy atom. The predicted octanol–water partition coefficient (Wildman–Crippen LogP) is 1.06. The predicted molar refractivity (Wildman–Crippen MR) is 87.3 cm³/mol. The molecule has 0 atom stereocenters. The third kappa shape index (κ3) is 3.91. The summed E-state index contributed by atoms with van der Waals surface area (Å²) < 4.78 is 32.2. The molecule has 0 radical (unpaired) electrons. The molecule has 0 aliphatic heterocycles. The highest BCUT2D eigenvalue weighted by Crippen LogP contribution is 2.29. The van der Waals surface area contributed by atoms with Gasteiger partial charge >= 0.3 is 5.91 Å². The van der Waals surface area contributed by atoms with Crippen molar-refractivity contribution >= 4 is 27.7 Å². The lowest BCUT2D eigenvalue weighted by atomic mass is 10.1. The molecule has 9 nitrogen and oxygen atoms in total. The van der Waals surface area contributed by atoms with Gasteiger partial charge in [0.1, 0.15) is 5.76 Å². The topological polar surface area (TPSA) is 153 Å². The molecule has 0 saturated carbocycles. The van der Waals surface area contributed by atoms with Gasteiger partial charge in [0, 0.05) is 11.6 Å². The van der Waals surface area contributed by atoms with Crippen molar-refractivity contribution in [1.82, 2.24) is 5.06 Å². The third-order valence-corrected chi connectivity index (χ3v) is 3.29. The first kappa shape index (κ1) is 17.5. The number of anilines is 1. The average Bonchev–Trinajstić information content (AvgIpc) is 2.85. The highest BCUT2D eigenvalue weighted by Gasteiger charge is 2.29. The summed E-state index contributed by atoms with van der Waals surface area (Å²) in [4.78, 5) is 12.3. The molecule has 0 aliphatic carbocycles. The van der Waals surface area contributed by atoms with E-state index in [-0.39, 0.29) is 16.5 Å². The van der Waals surface area contributed by atoms with Gasteiger partial charge in [0.05, 0.1) is 11.9 Å². The zero-order valence-electron chi connectivity index (χ0n) is 12.9. The molecule has 0 unspecified atom stereocenters. The molecule has 1 aromatic carbocycles. The Morgan fingerprint density at radius 2 is 2.00 bits per heavy atom. The number of rotatable bonds is 4. The summed E-state index contributed by atoms with van der Waals surface area (Å²) in [6.07, 6.45) is 0.708. The van der Waals surface area contributed by atoms with E-state index in [9.17, 15) is 13.2 Å². The maximum absolute atomic E-state index is 12.3. The van der Waals surface area contributed by atoms with Crippen LogP contribution in [0, 0.1) is 12.3 Å². The Hall–Kier alpha value is -2.85. The van der Waals surface area contributed by atoms with Crippen LogP contribution in [0.2, 0.25) is 0 Å². The van der Waals surface area contributed by atoms with Crippen LogP contribution in [0.25, 0.3) is 11.3 Å². The molecule has 24 heavy (non-hydrogen) atoms. The maximum Gasteiger partial charge on any atom is 0.323 e. The summed E-state index contributed by atoms with van der Waals surface area (Å²) in [5, 5.41) is 7.38. The highest BCUT2D eigenvalue weighted by atomic mass is 32.2. The number of hydrogen-bond donors (Lipinski definition) is 3. The van der Waals surface area contributed by atoms with Gasteiger partial charge in [-0.15, -0.1) is 9.35 Å². The molecule has 0 aliphatic rings. The molecule has 0 bridgehead atoms. The van der Waals surface area contributed by atoms with E-state index in [0.717, 1.165) is 5.56 Å². The first-order chi connectivity index (χ1) is 11.1. The second-order valence-electron chi connectivity index (χ2n) is 5.03. The quantitative estimate of drug-likeness (QED) is 0.422. The number of nitrogen functional groups attached to an aromatic ring is 1. The van der Waals surface area contributed by atoms with Gasteiger partial charge in [0.2, 0.25) is 11.7 Å². The number of furan rings is 1.